The molecule has 0 aromatic heterocycles. The highest BCUT2D eigenvalue weighted by Gasteiger charge is 2.37. The van der Waals surface area contributed by atoms with Crippen molar-refractivity contribution in [2.45, 2.75) is 24.9 Å². The Morgan fingerprint density at radius 2 is 1.59 bits per heavy atom. The van der Waals surface area contributed by atoms with Gasteiger partial charge >= 0.3 is 0 Å². The summed E-state index contributed by atoms with van der Waals surface area (Å²) < 4.78 is 28.1. The number of ether oxygens (including phenoxy) is 5. The van der Waals surface area contributed by atoms with Gasteiger partial charge in [-0.2, -0.15) is 0 Å². The van der Waals surface area contributed by atoms with E-state index in [0.29, 0.717) is 53.5 Å². The summed E-state index contributed by atoms with van der Waals surface area (Å²) in [6.45, 7) is 0.495. The van der Waals surface area contributed by atoms with Crippen LogP contribution in [-0.4, -0.2) is 57.0 Å². The Hall–Kier alpha value is -3.82. The minimum Gasteiger partial charge on any atom is -0.507 e. The molecule has 0 saturated heterocycles. The van der Waals surface area contributed by atoms with Gasteiger partial charge in [0.05, 0.1) is 34.0 Å². The number of hydrogen-bond donors (Lipinski definition) is 4. The maximum Gasteiger partial charge on any atom is 0.200 e. The van der Waals surface area contributed by atoms with E-state index in [1.165, 1.54) is 14.2 Å². The molecule has 2 aliphatic rings. The molecule has 0 bridgehead atoms. The number of fused-ring (bicyclic) bond motifs is 5. The lowest BCUT2D eigenvalue weighted by Gasteiger charge is -2.35. The highest BCUT2D eigenvalue weighted by molar-refractivity contribution is 5.84. The Morgan fingerprint density at radius 1 is 0.919 bits per heavy atom. The third-order valence-electron chi connectivity index (χ3n) is 7.12. The summed E-state index contributed by atoms with van der Waals surface area (Å²) in [5.74, 6) is 1.75. The van der Waals surface area contributed by atoms with Gasteiger partial charge in [0.1, 0.15) is 29.7 Å². The molecular formula is C28H31NO8. The van der Waals surface area contributed by atoms with Gasteiger partial charge in [-0.25, -0.2) is 0 Å². The molecule has 196 valence electrons. The fourth-order valence-corrected chi connectivity index (χ4v) is 5.37. The van der Waals surface area contributed by atoms with Crippen molar-refractivity contribution in [1.29, 1.82) is 0 Å². The molecule has 1 heterocycles. The van der Waals surface area contributed by atoms with Crippen LogP contribution >= 0.6 is 0 Å². The average Bonchev–Trinajstić information content (AvgIpc) is 2.91. The lowest BCUT2D eigenvalue weighted by atomic mass is 9.77. The monoisotopic (exact) mass is 509 g/mol. The number of phenols is 2. The molecule has 9 heteroatoms. The van der Waals surface area contributed by atoms with Crippen molar-refractivity contribution >= 4 is 0 Å². The molecule has 0 radical (unpaired) electrons. The number of aromatic hydroxyl groups is 2. The fraction of sp³-hybridized carbons (Fsp3) is 0.357. The highest BCUT2D eigenvalue weighted by atomic mass is 16.5. The van der Waals surface area contributed by atoms with Gasteiger partial charge in [-0.05, 0) is 54.8 Å². The third-order valence-corrected chi connectivity index (χ3v) is 7.12. The van der Waals surface area contributed by atoms with Gasteiger partial charge in [-0.1, -0.05) is 0 Å². The number of aliphatic hydroxyl groups excluding tert-OH is 1. The molecule has 4 N–H and O–H groups in total. The second-order valence-corrected chi connectivity index (χ2v) is 9.09. The summed E-state index contributed by atoms with van der Waals surface area (Å²) in [5, 5.41) is 36.1. The van der Waals surface area contributed by atoms with Gasteiger partial charge in [0.2, 0.25) is 5.75 Å². The maximum atomic E-state index is 11.7. The Kier molecular flexibility index (Phi) is 6.66. The zero-order valence-electron chi connectivity index (χ0n) is 21.3. The lowest BCUT2D eigenvalue weighted by molar-refractivity contribution is 0.0875. The molecule has 2 atom stereocenters. The van der Waals surface area contributed by atoms with E-state index in [1.54, 1.807) is 32.4 Å². The summed E-state index contributed by atoms with van der Waals surface area (Å²) >= 11 is 0. The van der Waals surface area contributed by atoms with E-state index in [1.807, 2.05) is 12.1 Å². The van der Waals surface area contributed by atoms with E-state index in [2.05, 4.69) is 5.32 Å². The second-order valence-electron chi connectivity index (χ2n) is 9.09. The Morgan fingerprint density at radius 3 is 2.24 bits per heavy atom. The molecule has 3 aromatic carbocycles. The van der Waals surface area contributed by atoms with E-state index in [4.69, 9.17) is 23.7 Å². The Labute approximate surface area is 215 Å². The summed E-state index contributed by atoms with van der Waals surface area (Å²) in [7, 11) is 6.32. The van der Waals surface area contributed by atoms with E-state index < -0.39 is 12.0 Å². The number of methoxy groups -OCH3 is 3. The quantitative estimate of drug-likeness (QED) is 0.354. The Bertz CT molecular complexity index is 1310. The first-order valence-electron chi connectivity index (χ1n) is 12.0. The molecule has 0 saturated carbocycles. The van der Waals surface area contributed by atoms with E-state index >= 15 is 0 Å². The largest absolute Gasteiger partial charge is 0.507 e. The van der Waals surface area contributed by atoms with Crippen LogP contribution in [0.5, 0.6) is 40.2 Å². The topological polar surface area (TPSA) is 119 Å². The standard InChI is InChI=1S/C28H31NO8/c1-29-13-37-15-9-18-16(21(10-15)33-2)5-6-17-25(18)20(30)11-22-26(17)27(31)19(12-36-22)14-7-23(34-3)28(32)24(8-14)35-4/h7-11,19,27,29-32H,5-6,12-13H2,1-4H3/t19-,27-/m0/s1. The van der Waals surface area contributed by atoms with Crippen LogP contribution in [-0.2, 0) is 12.8 Å². The van der Waals surface area contributed by atoms with Crippen molar-refractivity contribution in [2.75, 3.05) is 41.7 Å². The molecule has 1 aliphatic carbocycles. The van der Waals surface area contributed by atoms with Crippen molar-refractivity contribution in [3.63, 3.8) is 0 Å². The van der Waals surface area contributed by atoms with E-state index in [-0.39, 0.29) is 29.6 Å². The molecule has 1 aliphatic heterocycles. The zero-order chi connectivity index (χ0) is 26.3. The van der Waals surface area contributed by atoms with Crippen LogP contribution in [0.15, 0.2) is 30.3 Å². The Balaban J connectivity index is 1.63. The zero-order valence-corrected chi connectivity index (χ0v) is 21.3. The van der Waals surface area contributed by atoms with E-state index in [0.717, 1.165) is 16.7 Å². The van der Waals surface area contributed by atoms with Gasteiger partial charge in [0.25, 0.3) is 0 Å². The summed E-state index contributed by atoms with van der Waals surface area (Å²) in [6, 6.07) is 8.66. The minimum atomic E-state index is -0.927. The van der Waals surface area contributed by atoms with Gasteiger partial charge in [-0.3, -0.25) is 5.32 Å². The number of phenolic OH excluding ortho intramolecular Hbond substituents is 2. The molecule has 3 aromatic rings. The van der Waals surface area contributed by atoms with Crippen molar-refractivity contribution < 1.29 is 39.0 Å². The van der Waals surface area contributed by atoms with Crippen LogP contribution in [0.2, 0.25) is 0 Å². The predicted molar refractivity (Wildman–Crippen MR) is 136 cm³/mol. The molecule has 0 spiro atoms. The number of benzene rings is 3. The van der Waals surface area contributed by atoms with Gasteiger partial charge in [0.15, 0.2) is 11.5 Å². The molecule has 0 fully saturated rings. The van der Waals surface area contributed by atoms with Crippen molar-refractivity contribution in [2.24, 2.45) is 0 Å². The van der Waals surface area contributed by atoms with Crippen molar-refractivity contribution in [3.8, 4) is 51.4 Å². The first-order chi connectivity index (χ1) is 17.9. The second kappa shape index (κ2) is 9.91. The van der Waals surface area contributed by atoms with E-state index in [9.17, 15) is 15.3 Å². The molecular weight excluding hydrogens is 478 g/mol. The summed E-state index contributed by atoms with van der Waals surface area (Å²) in [5.41, 5.74) is 4.57. The van der Waals surface area contributed by atoms with Gasteiger partial charge in [-0.15, -0.1) is 0 Å². The molecule has 5 rings (SSSR count). The maximum absolute atomic E-state index is 11.7. The molecule has 9 nitrogen and oxygen atoms in total. The van der Waals surface area contributed by atoms with Crippen LogP contribution < -0.4 is 29.0 Å². The van der Waals surface area contributed by atoms with Crippen LogP contribution in [0, 0.1) is 0 Å². The lowest BCUT2D eigenvalue weighted by Crippen LogP contribution is -2.26. The molecule has 37 heavy (non-hydrogen) atoms. The minimum absolute atomic E-state index is 0.0705. The summed E-state index contributed by atoms with van der Waals surface area (Å²) in [6.07, 6.45) is 0.317. The van der Waals surface area contributed by atoms with Crippen LogP contribution in [0.25, 0.3) is 11.1 Å². The van der Waals surface area contributed by atoms with Crippen LogP contribution in [0.1, 0.15) is 34.3 Å². The fourth-order valence-electron chi connectivity index (χ4n) is 5.37. The predicted octanol–water partition coefficient (Wildman–Crippen LogP) is 3.65. The SMILES string of the molecule is CNCOc1cc(OC)c2c(c1)-c1c(O)cc3c(c1CC2)[C@@H](O)[C@H](c1cc(OC)c(O)c(OC)c1)CO3. The number of rotatable bonds is 7. The molecule has 0 unspecified atom stereocenters. The van der Waals surface area contributed by atoms with Crippen LogP contribution in [0.4, 0.5) is 0 Å². The first-order valence-corrected chi connectivity index (χ1v) is 12.0. The first kappa shape index (κ1) is 24.9. The van der Waals surface area contributed by atoms with Gasteiger partial charge in [0, 0.05) is 34.7 Å². The van der Waals surface area contributed by atoms with Crippen molar-refractivity contribution in [1.82, 2.24) is 5.32 Å². The van der Waals surface area contributed by atoms with Crippen LogP contribution in [0.3, 0.4) is 0 Å². The average molecular weight is 510 g/mol. The molecule has 0 amide bonds. The number of aliphatic hydroxyl groups is 1. The van der Waals surface area contributed by atoms with Gasteiger partial charge < -0.3 is 39.0 Å². The highest BCUT2D eigenvalue weighted by Crippen LogP contribution is 2.53. The normalized spacial score (nSPS) is 17.6. The number of nitrogens with one attached hydrogen (secondary N) is 1. The smallest absolute Gasteiger partial charge is 0.200 e. The third kappa shape index (κ3) is 4.14. The van der Waals surface area contributed by atoms with Crippen molar-refractivity contribution in [3.05, 3.63) is 52.6 Å². The summed E-state index contributed by atoms with van der Waals surface area (Å²) in [4.78, 5) is 0. The number of hydrogen-bond acceptors (Lipinski definition) is 9.